The van der Waals surface area contributed by atoms with Crippen molar-refractivity contribution >= 4 is 24.2 Å². The normalized spacial score (nSPS) is 20.6. The number of nitrogens with one attached hydrogen (secondary N) is 2. The third-order valence-electron chi connectivity index (χ3n) is 8.11. The fourth-order valence-electron chi connectivity index (χ4n) is 5.98. The van der Waals surface area contributed by atoms with Crippen LogP contribution in [0.4, 0.5) is 0 Å². The van der Waals surface area contributed by atoms with Crippen LogP contribution in [0, 0.1) is 28.4 Å². The number of carboxylic acids is 2. The van der Waals surface area contributed by atoms with E-state index >= 15 is 0 Å². The standard InChI is InChI=1S/C29H34N4O5S/c34-26-17-32(22-5-1-3-18(11-22)13-24(27(35)36)20-7-9-30-15-20)29(39)33(26)23-6-2-4-19(12-23)14-25(28(37)38)21-8-10-31-16-21/h1-6,11-12,17,20-21,24-25,30-31,34H,7-10,13-16H2,(H,35,36)(H,37,38)/t20-,21-,24-,25-/m0/s1. The molecule has 3 aromatic rings. The maximum absolute atomic E-state index is 12.0. The van der Waals surface area contributed by atoms with Gasteiger partial charge in [0.15, 0.2) is 4.77 Å². The molecule has 206 valence electrons. The quantitative estimate of drug-likeness (QED) is 0.243. The van der Waals surface area contributed by atoms with Crippen LogP contribution in [0.2, 0.25) is 0 Å². The van der Waals surface area contributed by atoms with Crippen molar-refractivity contribution in [2.75, 3.05) is 26.2 Å². The lowest BCUT2D eigenvalue weighted by Crippen LogP contribution is -2.27. The Morgan fingerprint density at radius 1 is 0.872 bits per heavy atom. The number of aromatic hydroxyl groups is 1. The monoisotopic (exact) mass is 550 g/mol. The Kier molecular flexibility index (Phi) is 8.15. The molecule has 2 aromatic carbocycles. The van der Waals surface area contributed by atoms with Gasteiger partial charge in [-0.3, -0.25) is 18.7 Å². The van der Waals surface area contributed by atoms with E-state index in [2.05, 4.69) is 10.6 Å². The van der Waals surface area contributed by atoms with Gasteiger partial charge in [0, 0.05) is 5.69 Å². The highest BCUT2D eigenvalue weighted by Gasteiger charge is 2.31. The molecule has 9 nitrogen and oxygen atoms in total. The first kappa shape index (κ1) is 27.1. The van der Waals surface area contributed by atoms with E-state index in [0.29, 0.717) is 36.4 Å². The molecule has 0 saturated carbocycles. The van der Waals surface area contributed by atoms with Crippen molar-refractivity contribution in [1.82, 2.24) is 19.8 Å². The van der Waals surface area contributed by atoms with Gasteiger partial charge in [0.25, 0.3) is 0 Å². The van der Waals surface area contributed by atoms with E-state index in [9.17, 15) is 24.9 Å². The van der Waals surface area contributed by atoms with E-state index in [1.165, 1.54) is 0 Å². The molecule has 5 rings (SSSR count). The summed E-state index contributed by atoms with van der Waals surface area (Å²) >= 11 is 5.76. The topological polar surface area (TPSA) is 129 Å². The molecule has 0 unspecified atom stereocenters. The highest BCUT2D eigenvalue weighted by Crippen LogP contribution is 2.28. The van der Waals surface area contributed by atoms with Crippen molar-refractivity contribution in [2.45, 2.75) is 25.7 Å². The summed E-state index contributed by atoms with van der Waals surface area (Å²) in [5.41, 5.74) is 3.14. The molecule has 0 bridgehead atoms. The molecular weight excluding hydrogens is 516 g/mol. The van der Waals surface area contributed by atoms with E-state index in [0.717, 1.165) is 42.7 Å². The average molecular weight is 551 g/mol. The molecule has 2 aliphatic heterocycles. The number of carbonyl (C=O) groups is 2. The number of benzene rings is 2. The van der Waals surface area contributed by atoms with Gasteiger partial charge in [0.05, 0.1) is 23.7 Å². The van der Waals surface area contributed by atoms with Gasteiger partial charge in [-0.1, -0.05) is 24.3 Å². The Hall–Kier alpha value is -3.47. The van der Waals surface area contributed by atoms with Crippen molar-refractivity contribution in [3.63, 3.8) is 0 Å². The van der Waals surface area contributed by atoms with Crippen molar-refractivity contribution in [3.05, 3.63) is 70.6 Å². The summed E-state index contributed by atoms with van der Waals surface area (Å²) in [7, 11) is 0. The van der Waals surface area contributed by atoms with E-state index < -0.39 is 23.8 Å². The second-order valence-electron chi connectivity index (χ2n) is 10.6. The minimum atomic E-state index is -0.797. The molecule has 2 fully saturated rings. The molecule has 1 aromatic heterocycles. The second kappa shape index (κ2) is 11.7. The first-order valence-electron chi connectivity index (χ1n) is 13.4. The first-order valence-corrected chi connectivity index (χ1v) is 13.8. The number of rotatable bonds is 10. The minimum absolute atomic E-state index is 0.0437. The van der Waals surface area contributed by atoms with Gasteiger partial charge in [-0.15, -0.1) is 0 Å². The van der Waals surface area contributed by atoms with Gasteiger partial charge in [-0.05, 0) is 111 Å². The number of aliphatic carboxylic acids is 2. The first-order chi connectivity index (χ1) is 18.8. The van der Waals surface area contributed by atoms with E-state index in [-0.39, 0.29) is 17.7 Å². The predicted molar refractivity (Wildman–Crippen MR) is 149 cm³/mol. The lowest BCUT2D eigenvalue weighted by molar-refractivity contribution is -0.144. The van der Waals surface area contributed by atoms with Crippen molar-refractivity contribution in [3.8, 4) is 17.3 Å². The van der Waals surface area contributed by atoms with Gasteiger partial charge in [-0.2, -0.15) is 0 Å². The van der Waals surface area contributed by atoms with Crippen LogP contribution in [-0.4, -0.2) is 62.6 Å². The van der Waals surface area contributed by atoms with Crippen LogP contribution >= 0.6 is 12.2 Å². The van der Waals surface area contributed by atoms with Gasteiger partial charge in [0.1, 0.15) is 0 Å². The molecule has 3 heterocycles. The van der Waals surface area contributed by atoms with Crippen LogP contribution in [0.15, 0.2) is 54.7 Å². The minimum Gasteiger partial charge on any atom is -0.493 e. The molecular formula is C29H34N4O5S. The molecule has 2 aliphatic rings. The summed E-state index contributed by atoms with van der Waals surface area (Å²) in [5, 5.41) is 37.1. The Balaban J connectivity index is 1.40. The molecule has 0 spiro atoms. The van der Waals surface area contributed by atoms with Crippen LogP contribution < -0.4 is 10.6 Å². The highest BCUT2D eigenvalue weighted by molar-refractivity contribution is 7.71. The SMILES string of the molecule is O=C(O)[C@@H](Cc1cccc(-n2cc(O)n(-c3cccc(C[C@H](C(=O)O)[C@H]4CCNC4)c3)c2=S)c1)[C@H]1CCNC1. The number of nitrogens with zero attached hydrogens (tertiary/aromatic N) is 2. The molecule has 39 heavy (non-hydrogen) atoms. The summed E-state index contributed by atoms with van der Waals surface area (Å²) < 4.78 is 3.62. The fourth-order valence-corrected chi connectivity index (χ4v) is 6.33. The van der Waals surface area contributed by atoms with Crippen LogP contribution in [0.25, 0.3) is 11.4 Å². The van der Waals surface area contributed by atoms with E-state index in [1.54, 1.807) is 15.3 Å². The summed E-state index contributed by atoms with van der Waals surface area (Å²) in [6.07, 6.45) is 4.05. The van der Waals surface area contributed by atoms with Crippen LogP contribution in [0.1, 0.15) is 24.0 Å². The molecule has 10 heteroatoms. The highest BCUT2D eigenvalue weighted by atomic mass is 32.1. The predicted octanol–water partition coefficient (Wildman–Crippen LogP) is 3.41. The molecule has 5 N–H and O–H groups in total. The van der Waals surface area contributed by atoms with Crippen LogP contribution in [0.5, 0.6) is 5.88 Å². The number of hydrogen-bond donors (Lipinski definition) is 5. The van der Waals surface area contributed by atoms with Crippen LogP contribution in [-0.2, 0) is 22.4 Å². The number of hydrogen-bond acceptors (Lipinski definition) is 6. The maximum atomic E-state index is 12.0. The zero-order chi connectivity index (χ0) is 27.5. The summed E-state index contributed by atoms with van der Waals surface area (Å²) in [6.45, 7) is 3.09. The summed E-state index contributed by atoms with van der Waals surface area (Å²) in [4.78, 5) is 24.0. The fraction of sp³-hybridized carbons (Fsp3) is 0.414. The zero-order valence-electron chi connectivity index (χ0n) is 21.6. The van der Waals surface area contributed by atoms with E-state index in [4.69, 9.17) is 12.2 Å². The maximum Gasteiger partial charge on any atom is 0.307 e. The van der Waals surface area contributed by atoms with Crippen molar-refractivity contribution in [1.29, 1.82) is 0 Å². The molecule has 0 amide bonds. The lowest BCUT2D eigenvalue weighted by atomic mass is 9.86. The summed E-state index contributed by atoms with van der Waals surface area (Å²) in [5.74, 6) is -2.41. The Morgan fingerprint density at radius 2 is 1.38 bits per heavy atom. The molecule has 0 aliphatic carbocycles. The molecule has 2 saturated heterocycles. The molecule has 0 radical (unpaired) electrons. The summed E-state index contributed by atoms with van der Waals surface area (Å²) in [6, 6.07) is 15.0. The Morgan fingerprint density at radius 3 is 1.87 bits per heavy atom. The van der Waals surface area contributed by atoms with Crippen molar-refractivity contribution in [2.24, 2.45) is 23.7 Å². The zero-order valence-corrected chi connectivity index (χ0v) is 22.4. The third-order valence-corrected chi connectivity index (χ3v) is 8.49. The van der Waals surface area contributed by atoms with E-state index in [1.807, 2.05) is 48.5 Å². The Bertz CT molecular complexity index is 1400. The third kappa shape index (κ3) is 5.93. The number of imidazole rings is 1. The number of aromatic nitrogens is 2. The van der Waals surface area contributed by atoms with Gasteiger partial charge in [-0.25, -0.2) is 0 Å². The average Bonchev–Trinajstić information content (AvgIpc) is 3.68. The Labute approximate surface area is 232 Å². The van der Waals surface area contributed by atoms with Gasteiger partial charge >= 0.3 is 11.9 Å². The van der Waals surface area contributed by atoms with Gasteiger partial charge < -0.3 is 26.0 Å². The second-order valence-corrected chi connectivity index (χ2v) is 11.0. The smallest absolute Gasteiger partial charge is 0.307 e. The van der Waals surface area contributed by atoms with Crippen molar-refractivity contribution < 1.29 is 24.9 Å². The van der Waals surface area contributed by atoms with Gasteiger partial charge in [0.2, 0.25) is 5.88 Å². The number of carboxylic acid groups (broad SMARTS) is 2. The largest absolute Gasteiger partial charge is 0.493 e. The lowest BCUT2D eigenvalue weighted by Gasteiger charge is -2.19. The molecule has 4 atom stereocenters. The van der Waals surface area contributed by atoms with Crippen LogP contribution in [0.3, 0.4) is 0 Å².